The number of carbonyl (C=O) groups is 2. The fourth-order valence-corrected chi connectivity index (χ4v) is 8.41. The normalized spacial score (nSPS) is 13.0. The zero-order valence-corrected chi connectivity index (χ0v) is 43.2. The number of hydrogen-bond donors (Lipinski definition) is 3. The van der Waals surface area contributed by atoms with Crippen molar-refractivity contribution in [2.24, 2.45) is 0 Å². The number of aliphatic hydroxyl groups excluding tert-OH is 2. The summed E-state index contributed by atoms with van der Waals surface area (Å²) < 4.78 is 5.45. The molecule has 65 heavy (non-hydrogen) atoms. The third-order valence-electron chi connectivity index (χ3n) is 12.8. The number of esters is 1. The van der Waals surface area contributed by atoms with Crippen LogP contribution >= 0.6 is 0 Å². The second-order valence-electron chi connectivity index (χ2n) is 19.3. The van der Waals surface area contributed by atoms with Crippen molar-refractivity contribution in [2.75, 3.05) is 13.2 Å². The van der Waals surface area contributed by atoms with E-state index < -0.39 is 12.1 Å². The van der Waals surface area contributed by atoms with Crippen molar-refractivity contribution in [1.82, 2.24) is 5.32 Å². The average Bonchev–Trinajstić information content (AvgIpc) is 3.31. The molecule has 1 amide bonds. The maximum absolute atomic E-state index is 12.5. The molecule has 0 fully saturated rings. The third kappa shape index (κ3) is 51.1. The molecule has 3 N–H and O–H groups in total. The highest BCUT2D eigenvalue weighted by Gasteiger charge is 2.18. The number of allylic oxidation sites excluding steroid dienone is 7. The number of aliphatic hydroxyl groups is 2. The number of carbonyl (C=O) groups excluding carboxylic acids is 2. The number of unbranched alkanes of at least 4 members (excludes halogenated alkanes) is 35. The SMILES string of the molecule is CCCC/C=C\C/C=C\CCCCCCCC(=O)OCCCCCCCC/C=C\CCCCCC(=O)NC(CO)C(O)/C=C/CCCCCCCCCCCCCCCCCCCCC. The van der Waals surface area contributed by atoms with Crippen LogP contribution in [0.25, 0.3) is 0 Å². The largest absolute Gasteiger partial charge is 0.466 e. The molecule has 6 nitrogen and oxygen atoms in total. The van der Waals surface area contributed by atoms with E-state index in [1.165, 1.54) is 180 Å². The standard InChI is InChI=1S/C59H109NO5/c1-3-5-7-9-11-13-15-17-19-20-21-22-23-24-25-27-31-35-39-43-47-51-57(62)56(55-61)60-58(63)52-48-44-40-36-32-28-26-30-34-38-42-46-50-54-65-59(64)53-49-45-41-37-33-29-18-16-14-12-10-8-6-4-2/h10,12,16,18,28,32,47,51,56-57,61-62H,3-9,11,13-15,17,19-27,29-31,33-46,48-50,52-55H2,1-2H3,(H,60,63)/b12-10-,18-16-,32-28-,51-47+. The van der Waals surface area contributed by atoms with Gasteiger partial charge in [0.25, 0.3) is 0 Å². The summed E-state index contributed by atoms with van der Waals surface area (Å²) in [4.78, 5) is 24.5. The summed E-state index contributed by atoms with van der Waals surface area (Å²) in [6.45, 7) is 4.82. The van der Waals surface area contributed by atoms with Gasteiger partial charge in [0, 0.05) is 12.8 Å². The molecule has 0 aromatic rings. The van der Waals surface area contributed by atoms with Gasteiger partial charge in [-0.2, -0.15) is 0 Å². The first-order chi connectivity index (χ1) is 32.0. The van der Waals surface area contributed by atoms with Gasteiger partial charge in [0.1, 0.15) is 0 Å². The molecule has 0 aromatic carbocycles. The Kier molecular flexibility index (Phi) is 52.6. The Hall–Kier alpha value is -2.18. The molecule has 2 atom stereocenters. The van der Waals surface area contributed by atoms with E-state index >= 15 is 0 Å². The summed E-state index contributed by atoms with van der Waals surface area (Å²) in [5, 5.41) is 23.1. The van der Waals surface area contributed by atoms with Crippen LogP contribution in [-0.2, 0) is 14.3 Å². The summed E-state index contributed by atoms with van der Waals surface area (Å²) >= 11 is 0. The molecule has 2 unspecified atom stereocenters. The van der Waals surface area contributed by atoms with Gasteiger partial charge in [0.2, 0.25) is 5.91 Å². The van der Waals surface area contributed by atoms with Gasteiger partial charge in [-0.1, -0.05) is 242 Å². The highest BCUT2D eigenvalue weighted by molar-refractivity contribution is 5.76. The van der Waals surface area contributed by atoms with Crippen LogP contribution in [0, 0.1) is 0 Å². The first-order valence-corrected chi connectivity index (χ1v) is 28.4. The van der Waals surface area contributed by atoms with Gasteiger partial charge in [-0.05, 0) is 83.5 Å². The lowest BCUT2D eigenvalue weighted by Gasteiger charge is -2.19. The predicted molar refractivity (Wildman–Crippen MR) is 282 cm³/mol. The molecule has 0 bridgehead atoms. The van der Waals surface area contributed by atoms with Crippen molar-refractivity contribution >= 4 is 11.9 Å². The quantitative estimate of drug-likeness (QED) is 0.0321. The van der Waals surface area contributed by atoms with Crippen LogP contribution < -0.4 is 5.32 Å². The van der Waals surface area contributed by atoms with Crippen LogP contribution in [0.1, 0.15) is 290 Å². The molecule has 0 rings (SSSR count). The fraction of sp³-hybridized carbons (Fsp3) is 0.831. The Morgan fingerprint density at radius 3 is 1.25 bits per heavy atom. The maximum Gasteiger partial charge on any atom is 0.305 e. The van der Waals surface area contributed by atoms with Gasteiger partial charge < -0.3 is 20.3 Å². The molecule has 0 saturated carbocycles. The van der Waals surface area contributed by atoms with Crippen LogP contribution in [0.5, 0.6) is 0 Å². The van der Waals surface area contributed by atoms with Crippen molar-refractivity contribution in [3.05, 3.63) is 48.6 Å². The minimum absolute atomic E-state index is 0.0289. The number of rotatable bonds is 52. The Morgan fingerprint density at radius 1 is 0.431 bits per heavy atom. The van der Waals surface area contributed by atoms with Gasteiger partial charge in [0.05, 0.1) is 25.4 Å². The molecule has 0 aromatic heterocycles. The van der Waals surface area contributed by atoms with Crippen LogP contribution in [0.2, 0.25) is 0 Å². The molecular formula is C59H109NO5. The molecule has 0 aliphatic carbocycles. The van der Waals surface area contributed by atoms with E-state index in [0.717, 1.165) is 83.5 Å². The van der Waals surface area contributed by atoms with Crippen LogP contribution in [0.4, 0.5) is 0 Å². The van der Waals surface area contributed by atoms with E-state index in [0.29, 0.717) is 19.4 Å². The minimum Gasteiger partial charge on any atom is -0.466 e. The van der Waals surface area contributed by atoms with E-state index in [-0.39, 0.29) is 18.5 Å². The van der Waals surface area contributed by atoms with E-state index in [4.69, 9.17) is 4.74 Å². The third-order valence-corrected chi connectivity index (χ3v) is 12.8. The second-order valence-corrected chi connectivity index (χ2v) is 19.3. The number of ether oxygens (including phenoxy) is 1. The zero-order chi connectivity index (χ0) is 47.2. The van der Waals surface area contributed by atoms with Gasteiger partial charge in [-0.15, -0.1) is 0 Å². The van der Waals surface area contributed by atoms with Crippen molar-refractivity contribution in [3.8, 4) is 0 Å². The van der Waals surface area contributed by atoms with E-state index in [1.807, 2.05) is 6.08 Å². The molecule has 0 aliphatic rings. The lowest BCUT2D eigenvalue weighted by Crippen LogP contribution is -2.45. The smallest absolute Gasteiger partial charge is 0.305 e. The van der Waals surface area contributed by atoms with Gasteiger partial charge in [0.15, 0.2) is 0 Å². The molecule has 0 saturated heterocycles. The predicted octanol–water partition coefficient (Wildman–Crippen LogP) is 17.4. The van der Waals surface area contributed by atoms with E-state index in [9.17, 15) is 19.8 Å². The summed E-state index contributed by atoms with van der Waals surface area (Å²) in [5.41, 5.74) is 0. The first-order valence-electron chi connectivity index (χ1n) is 28.4. The fourth-order valence-electron chi connectivity index (χ4n) is 8.41. The Morgan fingerprint density at radius 2 is 0.785 bits per heavy atom. The van der Waals surface area contributed by atoms with E-state index in [1.54, 1.807) is 6.08 Å². The van der Waals surface area contributed by atoms with Crippen molar-refractivity contribution in [3.63, 3.8) is 0 Å². The van der Waals surface area contributed by atoms with Gasteiger partial charge >= 0.3 is 5.97 Å². The monoisotopic (exact) mass is 912 g/mol. The highest BCUT2D eigenvalue weighted by Crippen LogP contribution is 2.16. The van der Waals surface area contributed by atoms with Crippen molar-refractivity contribution in [1.29, 1.82) is 0 Å². The van der Waals surface area contributed by atoms with Crippen molar-refractivity contribution in [2.45, 2.75) is 302 Å². The Bertz CT molecular complexity index is 1100. The summed E-state index contributed by atoms with van der Waals surface area (Å²) in [7, 11) is 0. The molecule has 0 heterocycles. The van der Waals surface area contributed by atoms with Crippen LogP contribution in [0.3, 0.4) is 0 Å². The maximum atomic E-state index is 12.5. The lowest BCUT2D eigenvalue weighted by atomic mass is 10.0. The minimum atomic E-state index is -0.864. The van der Waals surface area contributed by atoms with Gasteiger partial charge in [-0.3, -0.25) is 9.59 Å². The topological polar surface area (TPSA) is 95.9 Å². The molecule has 380 valence electrons. The number of nitrogens with one attached hydrogen (secondary N) is 1. The summed E-state index contributed by atoms with van der Waals surface area (Å²) in [5.74, 6) is -0.127. The Labute approximate surface area is 404 Å². The van der Waals surface area contributed by atoms with Crippen LogP contribution in [0.15, 0.2) is 48.6 Å². The zero-order valence-electron chi connectivity index (χ0n) is 43.2. The second kappa shape index (κ2) is 54.4. The van der Waals surface area contributed by atoms with E-state index in [2.05, 4.69) is 55.6 Å². The molecule has 6 heteroatoms. The molecule has 0 aliphatic heterocycles. The Balaban J connectivity index is 3.55. The molecular weight excluding hydrogens is 803 g/mol. The van der Waals surface area contributed by atoms with Crippen molar-refractivity contribution < 1.29 is 24.5 Å². The summed E-state index contributed by atoms with van der Waals surface area (Å²) in [6, 6.07) is -0.650. The van der Waals surface area contributed by atoms with Gasteiger partial charge in [-0.25, -0.2) is 0 Å². The molecule has 0 radical (unpaired) electrons. The number of amides is 1. The average molecular weight is 913 g/mol. The molecule has 0 spiro atoms. The first kappa shape index (κ1) is 62.8. The lowest BCUT2D eigenvalue weighted by molar-refractivity contribution is -0.143. The van der Waals surface area contributed by atoms with Crippen LogP contribution in [-0.4, -0.2) is 47.4 Å². The summed E-state index contributed by atoms with van der Waals surface area (Å²) in [6.07, 6.45) is 68.4. The highest BCUT2D eigenvalue weighted by atomic mass is 16.5. The number of hydrogen-bond acceptors (Lipinski definition) is 5.